The minimum atomic E-state index is -1.89. The molecule has 3 saturated carbocycles. The molecule has 296 valence electrons. The standard InChI is InChI=1S/C46H82O3Si3/c1-34(23-24-35-20-18-22-38(30-35)45(8,9)49-50(11,12)13)41-27-28-42-37(21-19-29-46(41,42)10)26-25-36-31-39(47-51(14,15)43(2,3)4)33-40(32-36)48-52(16,17)44(5,6)7/h18,20,22,25-26,30,34,39-42H,19,21,23-24,27-29,31-33H2,1-17H3/b37-26+/t34-,39-,40-,41-,42+,46-/m1/s1. The normalized spacial score (nSPS) is 28.2. The fourth-order valence-corrected chi connectivity index (χ4v) is 14.0. The van der Waals surface area contributed by atoms with Crippen LogP contribution in [0.15, 0.2) is 47.6 Å². The highest BCUT2D eigenvalue weighted by atomic mass is 28.4. The highest BCUT2D eigenvalue weighted by molar-refractivity contribution is 6.74. The zero-order valence-corrected chi connectivity index (χ0v) is 40.1. The summed E-state index contributed by atoms with van der Waals surface area (Å²) in [5.41, 5.74) is 6.22. The SMILES string of the molecule is C[C@H](CCc1cccc(C(C)(C)O[Si](C)(C)C)c1)[C@H]1CC[C@H]2/C(=C/C=C3C[C@@H](O[Si](C)(C)C(C)(C)C)C[C@H](O[Si](C)(C)C(C)(C)C)C3)CCC[C@]12C. The van der Waals surface area contributed by atoms with E-state index < -0.39 is 25.0 Å². The van der Waals surface area contributed by atoms with E-state index in [2.05, 4.69) is 151 Å². The first-order chi connectivity index (χ1) is 23.6. The first-order valence-corrected chi connectivity index (χ1v) is 30.4. The number of hydrogen-bond donors (Lipinski definition) is 0. The van der Waals surface area contributed by atoms with Crippen LogP contribution in [-0.2, 0) is 25.3 Å². The molecule has 0 bridgehead atoms. The molecular formula is C46H82O3Si3. The quantitative estimate of drug-likeness (QED) is 0.198. The van der Waals surface area contributed by atoms with E-state index in [1.807, 2.05) is 0 Å². The van der Waals surface area contributed by atoms with Gasteiger partial charge in [0.15, 0.2) is 25.0 Å². The molecule has 4 rings (SSSR count). The summed E-state index contributed by atoms with van der Waals surface area (Å²) in [6, 6.07) is 9.28. The molecule has 0 aliphatic heterocycles. The Balaban J connectivity index is 1.49. The molecule has 6 atom stereocenters. The molecule has 0 amide bonds. The van der Waals surface area contributed by atoms with E-state index in [1.54, 1.807) is 11.1 Å². The van der Waals surface area contributed by atoms with Gasteiger partial charge in [-0.3, -0.25) is 0 Å². The molecule has 0 aromatic heterocycles. The van der Waals surface area contributed by atoms with Crippen LogP contribution in [0.1, 0.15) is 138 Å². The monoisotopic (exact) mass is 767 g/mol. The Labute approximate surface area is 325 Å². The smallest absolute Gasteiger partial charge is 0.192 e. The number of benzene rings is 1. The van der Waals surface area contributed by atoms with E-state index in [9.17, 15) is 0 Å². The lowest BCUT2D eigenvalue weighted by Crippen LogP contribution is -2.48. The van der Waals surface area contributed by atoms with E-state index in [-0.39, 0.29) is 27.9 Å². The van der Waals surface area contributed by atoms with Gasteiger partial charge in [-0.25, -0.2) is 0 Å². The van der Waals surface area contributed by atoms with Gasteiger partial charge in [-0.05, 0) is 168 Å². The van der Waals surface area contributed by atoms with Crippen LogP contribution in [0.2, 0.25) is 55.9 Å². The van der Waals surface area contributed by atoms with Crippen molar-refractivity contribution in [1.82, 2.24) is 0 Å². The van der Waals surface area contributed by atoms with Crippen molar-refractivity contribution < 1.29 is 13.3 Å². The predicted octanol–water partition coefficient (Wildman–Crippen LogP) is 14.4. The van der Waals surface area contributed by atoms with Gasteiger partial charge in [0.25, 0.3) is 0 Å². The van der Waals surface area contributed by atoms with Crippen molar-refractivity contribution in [2.24, 2.45) is 23.2 Å². The van der Waals surface area contributed by atoms with Crippen molar-refractivity contribution in [3.8, 4) is 0 Å². The second-order valence-electron chi connectivity index (χ2n) is 22.2. The van der Waals surface area contributed by atoms with Gasteiger partial charge in [0.2, 0.25) is 0 Å². The summed E-state index contributed by atoms with van der Waals surface area (Å²) in [4.78, 5) is 0. The molecular weight excluding hydrogens is 685 g/mol. The number of allylic oxidation sites excluding steroid dienone is 3. The van der Waals surface area contributed by atoms with Crippen LogP contribution in [-0.4, -0.2) is 37.2 Å². The maximum atomic E-state index is 7.13. The highest BCUT2D eigenvalue weighted by Gasteiger charge is 2.50. The Kier molecular flexibility index (Phi) is 13.5. The minimum absolute atomic E-state index is 0.206. The van der Waals surface area contributed by atoms with Gasteiger partial charge in [-0.15, -0.1) is 0 Å². The van der Waals surface area contributed by atoms with Crippen LogP contribution in [0.5, 0.6) is 0 Å². The Bertz CT molecular complexity index is 1380. The van der Waals surface area contributed by atoms with Gasteiger partial charge in [0.1, 0.15) is 0 Å². The number of aryl methyl sites for hydroxylation is 1. The first kappa shape index (κ1) is 44.0. The zero-order chi connectivity index (χ0) is 39.1. The van der Waals surface area contributed by atoms with Gasteiger partial charge in [0.05, 0.1) is 17.8 Å². The molecule has 0 unspecified atom stereocenters. The average molecular weight is 767 g/mol. The summed E-state index contributed by atoms with van der Waals surface area (Å²) in [6.45, 7) is 40.4. The molecule has 0 N–H and O–H groups in total. The Morgan fingerprint density at radius 1 is 0.827 bits per heavy atom. The predicted molar refractivity (Wildman–Crippen MR) is 234 cm³/mol. The van der Waals surface area contributed by atoms with Gasteiger partial charge in [-0.1, -0.05) is 103 Å². The Morgan fingerprint density at radius 3 is 1.94 bits per heavy atom. The molecule has 0 radical (unpaired) electrons. The maximum absolute atomic E-state index is 7.13. The van der Waals surface area contributed by atoms with E-state index >= 15 is 0 Å². The molecule has 0 spiro atoms. The van der Waals surface area contributed by atoms with Crippen LogP contribution < -0.4 is 0 Å². The van der Waals surface area contributed by atoms with Crippen molar-refractivity contribution in [3.63, 3.8) is 0 Å². The van der Waals surface area contributed by atoms with Crippen molar-refractivity contribution in [1.29, 1.82) is 0 Å². The molecule has 1 aromatic rings. The van der Waals surface area contributed by atoms with Crippen molar-refractivity contribution >= 4 is 25.0 Å². The third-order valence-electron chi connectivity index (χ3n) is 14.4. The lowest BCUT2D eigenvalue weighted by atomic mass is 9.60. The number of fused-ring (bicyclic) bond motifs is 1. The Hall–Kier alpha value is -0.769. The summed E-state index contributed by atoms with van der Waals surface area (Å²) < 4.78 is 20.9. The average Bonchev–Trinajstić information content (AvgIpc) is 3.33. The minimum Gasteiger partial charge on any atom is -0.414 e. The van der Waals surface area contributed by atoms with Crippen molar-refractivity contribution in [2.75, 3.05) is 0 Å². The summed E-state index contributed by atoms with van der Waals surface area (Å²) in [7, 11) is -5.42. The summed E-state index contributed by atoms with van der Waals surface area (Å²) in [5, 5.41) is 0.413. The van der Waals surface area contributed by atoms with E-state index in [0.29, 0.717) is 5.41 Å². The van der Waals surface area contributed by atoms with Crippen LogP contribution >= 0.6 is 0 Å². The molecule has 1 aromatic carbocycles. The molecule has 3 fully saturated rings. The van der Waals surface area contributed by atoms with E-state index in [0.717, 1.165) is 43.4 Å². The van der Waals surface area contributed by atoms with Gasteiger partial charge in [0, 0.05) is 0 Å². The van der Waals surface area contributed by atoms with Gasteiger partial charge in [-0.2, -0.15) is 0 Å². The lowest BCUT2D eigenvalue weighted by Gasteiger charge is -2.45. The van der Waals surface area contributed by atoms with E-state index in [4.69, 9.17) is 13.3 Å². The summed E-state index contributed by atoms with van der Waals surface area (Å²) in [5.74, 6) is 2.24. The molecule has 0 saturated heterocycles. The molecule has 3 aliphatic carbocycles. The van der Waals surface area contributed by atoms with Crippen LogP contribution in [0.3, 0.4) is 0 Å². The van der Waals surface area contributed by atoms with Crippen molar-refractivity contribution in [2.45, 2.75) is 207 Å². The van der Waals surface area contributed by atoms with E-state index in [1.165, 1.54) is 49.7 Å². The fourth-order valence-electron chi connectivity index (χ4n) is 9.59. The second kappa shape index (κ2) is 16.0. The number of rotatable bonds is 12. The van der Waals surface area contributed by atoms with Crippen LogP contribution in [0.4, 0.5) is 0 Å². The largest absolute Gasteiger partial charge is 0.414 e. The molecule has 3 nitrogen and oxygen atoms in total. The van der Waals surface area contributed by atoms with Gasteiger partial charge < -0.3 is 13.3 Å². The fraction of sp³-hybridized carbons (Fsp3) is 0.783. The topological polar surface area (TPSA) is 27.7 Å². The molecule has 0 heterocycles. The number of hydrogen-bond acceptors (Lipinski definition) is 3. The molecule has 3 aliphatic rings. The second-order valence-corrected chi connectivity index (χ2v) is 36.2. The third-order valence-corrected chi connectivity index (χ3v) is 24.6. The maximum Gasteiger partial charge on any atom is 0.192 e. The summed E-state index contributed by atoms with van der Waals surface area (Å²) >= 11 is 0. The summed E-state index contributed by atoms with van der Waals surface area (Å²) in [6.07, 6.45) is 17.9. The van der Waals surface area contributed by atoms with Crippen LogP contribution in [0.25, 0.3) is 0 Å². The molecule has 6 heteroatoms. The highest BCUT2D eigenvalue weighted by Crippen LogP contribution is 2.60. The lowest BCUT2D eigenvalue weighted by molar-refractivity contribution is 0.0725. The zero-order valence-electron chi connectivity index (χ0n) is 37.1. The van der Waals surface area contributed by atoms with Crippen molar-refractivity contribution in [3.05, 3.63) is 58.7 Å². The first-order valence-electron chi connectivity index (χ1n) is 21.2. The third kappa shape index (κ3) is 10.7. The van der Waals surface area contributed by atoms with Gasteiger partial charge >= 0.3 is 0 Å². The Morgan fingerprint density at radius 2 is 1.40 bits per heavy atom. The van der Waals surface area contributed by atoms with Crippen LogP contribution in [0, 0.1) is 23.2 Å². The molecule has 52 heavy (non-hydrogen) atoms.